The van der Waals surface area contributed by atoms with Crippen LogP contribution >= 0.6 is 23.2 Å². The summed E-state index contributed by atoms with van der Waals surface area (Å²) in [6.07, 6.45) is -0.982. The highest BCUT2D eigenvalue weighted by atomic mass is 35.5. The zero-order chi connectivity index (χ0) is 16.9. The van der Waals surface area contributed by atoms with Gasteiger partial charge in [-0.25, -0.2) is 0 Å². The quantitative estimate of drug-likeness (QED) is 0.739. The minimum atomic E-state index is -1.45. The van der Waals surface area contributed by atoms with E-state index >= 15 is 0 Å². The highest BCUT2D eigenvalue weighted by Gasteiger charge is 2.25. The number of aliphatic hydroxyl groups is 1. The Kier molecular flexibility index (Phi) is 7.13. The van der Waals surface area contributed by atoms with Gasteiger partial charge in [0.15, 0.2) is 6.10 Å². The number of carbonyl (C=O) groups is 2. The summed E-state index contributed by atoms with van der Waals surface area (Å²) in [6.45, 7) is 3.88. The van der Waals surface area contributed by atoms with Crippen molar-refractivity contribution in [1.82, 2.24) is 10.6 Å². The van der Waals surface area contributed by atoms with Crippen LogP contribution in [0.3, 0.4) is 0 Å². The van der Waals surface area contributed by atoms with Crippen molar-refractivity contribution in [2.45, 2.75) is 32.4 Å². The number of amides is 2. The monoisotopic (exact) mass is 346 g/mol. The third kappa shape index (κ3) is 5.48. The SMILES string of the molecule is CNC(=O)C(CC(C)C)NC(=O)C(O)c1cc(Cl)cc(Cl)c1. The summed E-state index contributed by atoms with van der Waals surface area (Å²) in [5, 5.41) is 15.8. The lowest BCUT2D eigenvalue weighted by molar-refractivity contribution is -0.134. The largest absolute Gasteiger partial charge is 0.378 e. The van der Waals surface area contributed by atoms with E-state index in [9.17, 15) is 14.7 Å². The van der Waals surface area contributed by atoms with Crippen molar-refractivity contribution in [3.05, 3.63) is 33.8 Å². The first-order valence-electron chi connectivity index (χ1n) is 6.90. The van der Waals surface area contributed by atoms with Crippen LogP contribution in [0.15, 0.2) is 18.2 Å². The smallest absolute Gasteiger partial charge is 0.254 e. The van der Waals surface area contributed by atoms with Crippen LogP contribution in [0.25, 0.3) is 0 Å². The van der Waals surface area contributed by atoms with Gasteiger partial charge in [-0.3, -0.25) is 9.59 Å². The van der Waals surface area contributed by atoms with Gasteiger partial charge in [-0.1, -0.05) is 37.0 Å². The van der Waals surface area contributed by atoms with Gasteiger partial charge in [-0.15, -0.1) is 0 Å². The summed E-state index contributed by atoms with van der Waals surface area (Å²) in [5.74, 6) is -0.772. The van der Waals surface area contributed by atoms with Crippen LogP contribution in [0.2, 0.25) is 10.0 Å². The first-order valence-corrected chi connectivity index (χ1v) is 7.66. The molecule has 0 heterocycles. The van der Waals surface area contributed by atoms with E-state index in [1.54, 1.807) is 0 Å². The second-order valence-electron chi connectivity index (χ2n) is 5.41. The number of rotatable bonds is 6. The molecule has 1 rings (SSSR count). The molecule has 0 aromatic heterocycles. The van der Waals surface area contributed by atoms with Gasteiger partial charge in [0.05, 0.1) is 0 Å². The Morgan fingerprint density at radius 3 is 2.14 bits per heavy atom. The van der Waals surface area contributed by atoms with Gasteiger partial charge >= 0.3 is 0 Å². The molecule has 22 heavy (non-hydrogen) atoms. The molecule has 2 unspecified atom stereocenters. The first kappa shape index (κ1) is 18.7. The number of hydrogen-bond donors (Lipinski definition) is 3. The Bertz CT molecular complexity index is 529. The zero-order valence-corrected chi connectivity index (χ0v) is 14.2. The lowest BCUT2D eigenvalue weighted by Gasteiger charge is -2.21. The fourth-order valence-corrected chi connectivity index (χ4v) is 2.56. The summed E-state index contributed by atoms with van der Waals surface area (Å²) >= 11 is 11.7. The molecule has 0 fully saturated rings. The van der Waals surface area contributed by atoms with E-state index < -0.39 is 18.1 Å². The molecule has 0 spiro atoms. The molecule has 0 saturated heterocycles. The number of nitrogens with one attached hydrogen (secondary N) is 2. The number of aliphatic hydroxyl groups excluding tert-OH is 1. The fraction of sp³-hybridized carbons (Fsp3) is 0.467. The molecule has 0 aliphatic carbocycles. The van der Waals surface area contributed by atoms with Crippen LogP contribution in [0, 0.1) is 5.92 Å². The van der Waals surface area contributed by atoms with Gasteiger partial charge in [0.25, 0.3) is 5.91 Å². The number of carbonyl (C=O) groups excluding carboxylic acids is 2. The van der Waals surface area contributed by atoms with Crippen LogP contribution < -0.4 is 10.6 Å². The minimum absolute atomic E-state index is 0.209. The van der Waals surface area contributed by atoms with Crippen molar-refractivity contribution in [1.29, 1.82) is 0 Å². The Hall–Kier alpha value is -1.30. The van der Waals surface area contributed by atoms with Crippen LogP contribution in [0.5, 0.6) is 0 Å². The zero-order valence-electron chi connectivity index (χ0n) is 12.7. The van der Waals surface area contributed by atoms with E-state index in [0.717, 1.165) is 0 Å². The molecule has 1 aromatic carbocycles. The van der Waals surface area contributed by atoms with Gasteiger partial charge < -0.3 is 15.7 Å². The Morgan fingerprint density at radius 2 is 1.68 bits per heavy atom. The molecule has 0 saturated carbocycles. The molecule has 2 amide bonds. The highest BCUT2D eigenvalue weighted by Crippen LogP contribution is 2.24. The molecular formula is C15H20Cl2N2O3. The summed E-state index contributed by atoms with van der Waals surface area (Å²) in [7, 11) is 1.50. The van der Waals surface area contributed by atoms with E-state index in [1.165, 1.54) is 25.2 Å². The van der Waals surface area contributed by atoms with E-state index in [0.29, 0.717) is 16.5 Å². The summed E-state index contributed by atoms with van der Waals surface area (Å²) in [6, 6.07) is 3.70. The Labute approximate surface area is 140 Å². The first-order chi connectivity index (χ1) is 10.2. The maximum atomic E-state index is 12.2. The molecule has 7 heteroatoms. The lowest BCUT2D eigenvalue weighted by atomic mass is 10.0. The molecule has 122 valence electrons. The molecular weight excluding hydrogens is 327 g/mol. The molecule has 0 aliphatic rings. The minimum Gasteiger partial charge on any atom is -0.378 e. The number of hydrogen-bond acceptors (Lipinski definition) is 3. The topological polar surface area (TPSA) is 78.4 Å². The number of halogens is 2. The van der Waals surface area contributed by atoms with Crippen LogP contribution in [0.4, 0.5) is 0 Å². The van der Waals surface area contributed by atoms with Gasteiger partial charge in [0.1, 0.15) is 6.04 Å². The van der Waals surface area contributed by atoms with E-state index in [2.05, 4.69) is 10.6 Å². The molecule has 2 atom stereocenters. The Balaban J connectivity index is 2.86. The summed E-state index contributed by atoms with van der Waals surface area (Å²) in [4.78, 5) is 24.0. The molecule has 0 bridgehead atoms. The second kappa shape index (κ2) is 8.36. The second-order valence-corrected chi connectivity index (χ2v) is 6.28. The predicted molar refractivity (Wildman–Crippen MR) is 86.9 cm³/mol. The van der Waals surface area contributed by atoms with Crippen LogP contribution in [0.1, 0.15) is 31.9 Å². The van der Waals surface area contributed by atoms with Crippen molar-refractivity contribution in [2.24, 2.45) is 5.92 Å². The van der Waals surface area contributed by atoms with Crippen molar-refractivity contribution in [2.75, 3.05) is 7.05 Å². The van der Waals surface area contributed by atoms with Crippen LogP contribution in [-0.4, -0.2) is 30.0 Å². The number of benzene rings is 1. The van der Waals surface area contributed by atoms with Crippen molar-refractivity contribution < 1.29 is 14.7 Å². The lowest BCUT2D eigenvalue weighted by Crippen LogP contribution is -2.47. The molecule has 3 N–H and O–H groups in total. The fourth-order valence-electron chi connectivity index (χ4n) is 2.01. The van der Waals surface area contributed by atoms with E-state index in [1.807, 2.05) is 13.8 Å². The normalized spacial score (nSPS) is 13.6. The number of likely N-dealkylation sites (N-methyl/N-ethyl adjacent to an activating group) is 1. The summed E-state index contributed by atoms with van der Waals surface area (Å²) in [5.41, 5.74) is 0.273. The Morgan fingerprint density at radius 1 is 1.14 bits per heavy atom. The van der Waals surface area contributed by atoms with Crippen molar-refractivity contribution in [3.8, 4) is 0 Å². The van der Waals surface area contributed by atoms with Gasteiger partial charge in [-0.2, -0.15) is 0 Å². The van der Waals surface area contributed by atoms with E-state index in [-0.39, 0.29) is 17.4 Å². The molecule has 0 radical (unpaired) electrons. The van der Waals surface area contributed by atoms with Gasteiger partial charge in [-0.05, 0) is 36.1 Å². The van der Waals surface area contributed by atoms with Gasteiger partial charge in [0, 0.05) is 17.1 Å². The third-order valence-electron chi connectivity index (χ3n) is 3.04. The van der Waals surface area contributed by atoms with E-state index in [4.69, 9.17) is 23.2 Å². The maximum absolute atomic E-state index is 12.2. The van der Waals surface area contributed by atoms with Crippen molar-refractivity contribution in [3.63, 3.8) is 0 Å². The third-order valence-corrected chi connectivity index (χ3v) is 3.47. The maximum Gasteiger partial charge on any atom is 0.254 e. The molecule has 5 nitrogen and oxygen atoms in total. The predicted octanol–water partition coefficient (Wildman–Crippen LogP) is 2.30. The molecule has 0 aliphatic heterocycles. The summed E-state index contributed by atoms with van der Waals surface area (Å²) < 4.78 is 0. The standard InChI is InChI=1S/C15H20Cl2N2O3/c1-8(2)4-12(14(21)18-3)19-15(22)13(20)9-5-10(16)7-11(17)6-9/h5-8,12-13,20H,4H2,1-3H3,(H,18,21)(H,19,22). The van der Waals surface area contributed by atoms with Gasteiger partial charge in [0.2, 0.25) is 5.91 Å². The van der Waals surface area contributed by atoms with Crippen molar-refractivity contribution >= 4 is 35.0 Å². The molecule has 1 aromatic rings. The average molecular weight is 347 g/mol. The average Bonchev–Trinajstić information content (AvgIpc) is 2.43. The highest BCUT2D eigenvalue weighted by molar-refractivity contribution is 6.34. The van der Waals surface area contributed by atoms with Crippen LogP contribution in [-0.2, 0) is 9.59 Å².